The van der Waals surface area contributed by atoms with Crippen molar-refractivity contribution in [3.8, 4) is 0 Å². The first-order valence-electron chi connectivity index (χ1n) is 7.62. The number of amides is 5. The normalized spacial score (nSPS) is 20.2. The maximum Gasteiger partial charge on any atom is 0.329 e. The van der Waals surface area contributed by atoms with Crippen molar-refractivity contribution in [3.63, 3.8) is 0 Å². The Hall–Kier alpha value is -3.20. The van der Waals surface area contributed by atoms with Crippen molar-refractivity contribution >= 4 is 35.1 Å². The van der Waals surface area contributed by atoms with Crippen LogP contribution < -0.4 is 15.5 Å². The monoisotopic (exact) mass is 344 g/mol. The van der Waals surface area contributed by atoms with Gasteiger partial charge in [0.25, 0.3) is 17.7 Å². The van der Waals surface area contributed by atoms with Gasteiger partial charge in [0.1, 0.15) is 11.7 Å². The molecule has 0 saturated carbocycles. The molecule has 1 aromatic carbocycles. The zero-order valence-electron chi connectivity index (χ0n) is 13.4. The molecule has 1 atom stereocenters. The molecular weight excluding hydrogens is 328 g/mol. The summed E-state index contributed by atoms with van der Waals surface area (Å²) in [5.41, 5.74) is 0.846. The Morgan fingerprint density at radius 3 is 2.64 bits per heavy atom. The van der Waals surface area contributed by atoms with E-state index in [1.165, 1.54) is 6.07 Å². The van der Waals surface area contributed by atoms with E-state index in [0.717, 1.165) is 15.9 Å². The summed E-state index contributed by atoms with van der Waals surface area (Å²) >= 11 is 0. The third-order valence-electron chi connectivity index (χ3n) is 3.85. The van der Waals surface area contributed by atoms with Gasteiger partial charge in [-0.25, -0.2) is 9.69 Å². The van der Waals surface area contributed by atoms with Crippen LogP contribution in [-0.4, -0.2) is 53.0 Å². The second-order valence-electron chi connectivity index (χ2n) is 5.60. The number of urea groups is 1. The van der Waals surface area contributed by atoms with Crippen molar-refractivity contribution < 1.29 is 24.3 Å². The molecule has 3 rings (SSSR count). The van der Waals surface area contributed by atoms with E-state index in [0.29, 0.717) is 11.4 Å². The topological polar surface area (TPSA) is 119 Å². The maximum absolute atomic E-state index is 12.1. The molecule has 2 heterocycles. The van der Waals surface area contributed by atoms with E-state index < -0.39 is 23.9 Å². The molecule has 1 unspecified atom stereocenters. The molecule has 5 amide bonds. The molecule has 3 N–H and O–H groups in total. The van der Waals surface area contributed by atoms with Crippen LogP contribution in [0.15, 0.2) is 36.0 Å². The molecule has 0 spiro atoms. The van der Waals surface area contributed by atoms with E-state index in [1.54, 1.807) is 25.1 Å². The van der Waals surface area contributed by atoms with Crippen LogP contribution in [-0.2, 0) is 14.4 Å². The lowest BCUT2D eigenvalue weighted by molar-refractivity contribution is -0.137. The summed E-state index contributed by atoms with van der Waals surface area (Å²) in [7, 11) is 0. The average Bonchev–Trinajstić information content (AvgIpc) is 2.98. The van der Waals surface area contributed by atoms with Gasteiger partial charge in [-0.05, 0) is 25.1 Å². The number of hydrogen-bond acceptors (Lipinski definition) is 6. The molecule has 0 bridgehead atoms. The molecule has 0 aliphatic carbocycles. The smallest absolute Gasteiger partial charge is 0.329 e. The third kappa shape index (κ3) is 2.96. The van der Waals surface area contributed by atoms with Crippen molar-refractivity contribution in [1.29, 1.82) is 0 Å². The molecule has 9 heteroatoms. The molecule has 9 nitrogen and oxygen atoms in total. The Bertz CT molecular complexity index is 803. The molecule has 1 saturated heterocycles. The van der Waals surface area contributed by atoms with Crippen molar-refractivity contribution in [2.24, 2.45) is 0 Å². The molecule has 1 fully saturated rings. The molecule has 130 valence electrons. The average molecular weight is 344 g/mol. The van der Waals surface area contributed by atoms with Gasteiger partial charge in [0.2, 0.25) is 0 Å². The summed E-state index contributed by atoms with van der Waals surface area (Å²) in [6.45, 7) is 1.18. The quantitative estimate of drug-likeness (QED) is 0.502. The summed E-state index contributed by atoms with van der Waals surface area (Å²) in [6, 6.07) is 5.26. The SMILES string of the molecule is CC1NC(=O)N(c2cccc(NC3=CC(=O)N(CCO)C3=O)c2)C1=O. The Kier molecular flexibility index (Phi) is 4.24. The standard InChI is InChI=1S/C16H16N4O5/c1-9-14(23)20(16(25)17-9)11-4-2-3-10(7-11)18-12-8-13(22)19(5-6-21)15(12)24/h2-4,7-9,18,21H,5-6H2,1H3,(H,17,25). The molecule has 1 aromatic rings. The number of β-amino-alcohol motifs (C(OH)–C–C–N with tert-alkyl or cyclic N) is 1. The van der Waals surface area contributed by atoms with Crippen LogP contribution in [0.5, 0.6) is 0 Å². The number of hydrogen-bond donors (Lipinski definition) is 3. The van der Waals surface area contributed by atoms with Crippen molar-refractivity contribution in [1.82, 2.24) is 10.2 Å². The first-order valence-corrected chi connectivity index (χ1v) is 7.62. The maximum atomic E-state index is 12.1. The summed E-state index contributed by atoms with van der Waals surface area (Å²) in [4.78, 5) is 49.8. The van der Waals surface area contributed by atoms with Gasteiger partial charge in [0, 0.05) is 11.8 Å². The molecule has 2 aliphatic heterocycles. The number of aliphatic hydroxyl groups excluding tert-OH is 1. The number of benzene rings is 1. The van der Waals surface area contributed by atoms with Gasteiger partial charge in [-0.3, -0.25) is 19.3 Å². The summed E-state index contributed by atoms with van der Waals surface area (Å²) in [5, 5.41) is 14.2. The van der Waals surface area contributed by atoms with Gasteiger partial charge in [-0.2, -0.15) is 0 Å². The van der Waals surface area contributed by atoms with Crippen LogP contribution >= 0.6 is 0 Å². The first-order chi connectivity index (χ1) is 11.9. The lowest BCUT2D eigenvalue weighted by atomic mass is 10.2. The second kappa shape index (κ2) is 6.36. The zero-order chi connectivity index (χ0) is 18.1. The fourth-order valence-corrected chi connectivity index (χ4v) is 2.64. The van der Waals surface area contributed by atoms with Gasteiger partial charge in [-0.15, -0.1) is 0 Å². The number of nitrogens with one attached hydrogen (secondary N) is 2. The molecule has 2 aliphatic rings. The first kappa shape index (κ1) is 16.7. The van der Waals surface area contributed by atoms with Crippen molar-refractivity contribution in [2.75, 3.05) is 23.4 Å². The van der Waals surface area contributed by atoms with Crippen LogP contribution in [0.25, 0.3) is 0 Å². The lowest BCUT2D eigenvalue weighted by Crippen LogP contribution is -2.34. The fourth-order valence-electron chi connectivity index (χ4n) is 2.64. The number of carbonyl (C=O) groups is 4. The lowest BCUT2D eigenvalue weighted by Gasteiger charge is -2.16. The fraction of sp³-hybridized carbons (Fsp3) is 0.250. The van der Waals surface area contributed by atoms with Crippen LogP contribution in [0.3, 0.4) is 0 Å². The number of aliphatic hydroxyl groups is 1. The zero-order valence-corrected chi connectivity index (χ0v) is 13.4. The van der Waals surface area contributed by atoms with Crippen LogP contribution in [0.4, 0.5) is 16.2 Å². The number of nitrogens with zero attached hydrogens (tertiary/aromatic N) is 2. The minimum Gasteiger partial charge on any atom is -0.395 e. The molecule has 25 heavy (non-hydrogen) atoms. The largest absolute Gasteiger partial charge is 0.395 e. The van der Waals surface area contributed by atoms with E-state index in [-0.39, 0.29) is 24.8 Å². The number of carbonyl (C=O) groups excluding carboxylic acids is 4. The van der Waals surface area contributed by atoms with Crippen LogP contribution in [0, 0.1) is 0 Å². The Morgan fingerprint density at radius 1 is 1.24 bits per heavy atom. The highest BCUT2D eigenvalue weighted by molar-refractivity contribution is 6.21. The summed E-state index contributed by atoms with van der Waals surface area (Å²) in [5.74, 6) is -1.43. The van der Waals surface area contributed by atoms with Crippen LogP contribution in [0.1, 0.15) is 6.92 Å². The minimum absolute atomic E-state index is 0.0566. The van der Waals surface area contributed by atoms with Gasteiger partial charge in [0.15, 0.2) is 0 Å². The van der Waals surface area contributed by atoms with Gasteiger partial charge < -0.3 is 15.7 Å². The number of rotatable bonds is 5. The van der Waals surface area contributed by atoms with E-state index in [2.05, 4.69) is 10.6 Å². The van der Waals surface area contributed by atoms with Crippen molar-refractivity contribution in [2.45, 2.75) is 13.0 Å². The van der Waals surface area contributed by atoms with E-state index in [1.807, 2.05) is 0 Å². The van der Waals surface area contributed by atoms with Gasteiger partial charge in [-0.1, -0.05) is 6.07 Å². The van der Waals surface area contributed by atoms with Crippen LogP contribution in [0.2, 0.25) is 0 Å². The summed E-state index contributed by atoms with van der Waals surface area (Å²) < 4.78 is 0. The number of imide groups is 2. The van der Waals surface area contributed by atoms with Gasteiger partial charge >= 0.3 is 6.03 Å². The van der Waals surface area contributed by atoms with Gasteiger partial charge in [0.05, 0.1) is 18.8 Å². The minimum atomic E-state index is -0.604. The highest BCUT2D eigenvalue weighted by Gasteiger charge is 2.36. The number of anilines is 2. The Balaban J connectivity index is 1.81. The van der Waals surface area contributed by atoms with Crippen molar-refractivity contribution in [3.05, 3.63) is 36.0 Å². The second-order valence-corrected chi connectivity index (χ2v) is 5.60. The van der Waals surface area contributed by atoms with E-state index >= 15 is 0 Å². The Labute approximate surface area is 142 Å². The predicted molar refractivity (Wildman–Crippen MR) is 87.4 cm³/mol. The molecule has 0 radical (unpaired) electrons. The predicted octanol–water partition coefficient (Wildman–Crippen LogP) is -0.212. The third-order valence-corrected chi connectivity index (χ3v) is 3.85. The van der Waals surface area contributed by atoms with E-state index in [4.69, 9.17) is 5.11 Å². The molecule has 0 aromatic heterocycles. The van der Waals surface area contributed by atoms with E-state index in [9.17, 15) is 19.2 Å². The summed E-state index contributed by atoms with van der Waals surface area (Å²) in [6.07, 6.45) is 1.14. The Morgan fingerprint density at radius 2 is 2.00 bits per heavy atom. The molecular formula is C16H16N4O5. The highest BCUT2D eigenvalue weighted by atomic mass is 16.3. The highest BCUT2D eigenvalue weighted by Crippen LogP contribution is 2.25.